The highest BCUT2D eigenvalue weighted by atomic mass is 32.1. The number of anilines is 1. The molecule has 1 aliphatic rings. The van der Waals surface area contributed by atoms with E-state index < -0.39 is 0 Å². The van der Waals surface area contributed by atoms with Crippen LogP contribution in [0.2, 0.25) is 0 Å². The third kappa shape index (κ3) is 3.61. The molecule has 1 aromatic heterocycles. The number of hydrogen-bond acceptors (Lipinski definition) is 5. The zero-order valence-corrected chi connectivity index (χ0v) is 11.2. The summed E-state index contributed by atoms with van der Waals surface area (Å²) in [4.78, 5) is 11.1. The van der Waals surface area contributed by atoms with Crippen molar-refractivity contribution in [2.45, 2.75) is 19.3 Å². The molecule has 1 aromatic rings. The van der Waals surface area contributed by atoms with Crippen molar-refractivity contribution < 1.29 is 0 Å². The lowest BCUT2D eigenvalue weighted by molar-refractivity contribution is 0.337. The Kier molecular flexibility index (Phi) is 4.83. The molecule has 1 aliphatic heterocycles. The summed E-state index contributed by atoms with van der Waals surface area (Å²) in [6.45, 7) is 4.48. The summed E-state index contributed by atoms with van der Waals surface area (Å²) in [5.74, 6) is 0.687. The number of nitrogens with one attached hydrogen (secondary N) is 1. The maximum Gasteiger partial charge on any atom is 0.155 e. The average Bonchev–Trinajstić information content (AvgIpc) is 2.88. The van der Waals surface area contributed by atoms with Gasteiger partial charge >= 0.3 is 0 Å². The Bertz CT molecular complexity index is 403. The minimum atomic E-state index is 0.283. The van der Waals surface area contributed by atoms with Crippen LogP contribution >= 0.6 is 12.2 Å². The van der Waals surface area contributed by atoms with E-state index in [0.29, 0.717) is 11.5 Å². The van der Waals surface area contributed by atoms with Crippen LogP contribution in [0.1, 0.15) is 25.0 Å². The number of nitrogens with two attached hydrogens (primary N) is 1. The Labute approximate surface area is 113 Å². The van der Waals surface area contributed by atoms with Crippen molar-refractivity contribution in [3.8, 4) is 0 Å². The number of likely N-dealkylation sites (tertiary alicyclic amines) is 1. The predicted octanol–water partition coefficient (Wildman–Crippen LogP) is 1.01. The van der Waals surface area contributed by atoms with Crippen molar-refractivity contribution >= 4 is 23.0 Å². The quantitative estimate of drug-likeness (QED) is 0.591. The number of thiocarbonyl (C=S) groups is 1. The Morgan fingerprint density at radius 3 is 2.78 bits per heavy atom. The summed E-state index contributed by atoms with van der Waals surface area (Å²) in [6, 6.07) is 0. The minimum absolute atomic E-state index is 0.283. The highest BCUT2D eigenvalue weighted by Gasteiger charge is 2.11. The molecule has 5 nitrogen and oxygen atoms in total. The molecule has 18 heavy (non-hydrogen) atoms. The molecule has 2 rings (SSSR count). The van der Waals surface area contributed by atoms with Gasteiger partial charge in [-0.1, -0.05) is 12.2 Å². The molecule has 0 saturated carbocycles. The molecule has 0 aliphatic carbocycles. The highest BCUT2D eigenvalue weighted by molar-refractivity contribution is 7.80. The van der Waals surface area contributed by atoms with E-state index in [-0.39, 0.29) is 4.99 Å². The van der Waals surface area contributed by atoms with Gasteiger partial charge in [-0.25, -0.2) is 9.97 Å². The van der Waals surface area contributed by atoms with E-state index in [1.807, 2.05) is 0 Å². The van der Waals surface area contributed by atoms with E-state index in [9.17, 15) is 0 Å². The zero-order chi connectivity index (χ0) is 12.8. The van der Waals surface area contributed by atoms with Gasteiger partial charge in [0.05, 0.1) is 0 Å². The van der Waals surface area contributed by atoms with Gasteiger partial charge in [0, 0.05) is 18.9 Å². The maximum absolute atomic E-state index is 5.60. The summed E-state index contributed by atoms with van der Waals surface area (Å²) in [5, 5.41) is 3.25. The van der Waals surface area contributed by atoms with Crippen LogP contribution in [0.4, 0.5) is 5.82 Å². The van der Waals surface area contributed by atoms with Gasteiger partial charge < -0.3 is 16.0 Å². The maximum atomic E-state index is 5.60. The van der Waals surface area contributed by atoms with Crippen molar-refractivity contribution in [3.05, 3.63) is 18.1 Å². The Balaban J connectivity index is 1.77. The van der Waals surface area contributed by atoms with Gasteiger partial charge in [0.1, 0.15) is 10.7 Å². The van der Waals surface area contributed by atoms with Gasteiger partial charge in [0.2, 0.25) is 0 Å². The SMILES string of the molecule is NC(=S)c1nccnc1NCCCN1CCCC1. The van der Waals surface area contributed by atoms with Crippen LogP contribution in [-0.2, 0) is 0 Å². The van der Waals surface area contributed by atoms with Gasteiger partial charge in [0.25, 0.3) is 0 Å². The van der Waals surface area contributed by atoms with E-state index in [1.54, 1.807) is 12.4 Å². The van der Waals surface area contributed by atoms with E-state index in [1.165, 1.54) is 25.9 Å². The van der Waals surface area contributed by atoms with Gasteiger partial charge in [-0.15, -0.1) is 0 Å². The number of nitrogens with zero attached hydrogens (tertiary/aromatic N) is 3. The molecule has 2 heterocycles. The lowest BCUT2D eigenvalue weighted by Crippen LogP contribution is -2.23. The summed E-state index contributed by atoms with van der Waals surface area (Å²) < 4.78 is 0. The van der Waals surface area contributed by atoms with Crippen LogP contribution in [0.15, 0.2) is 12.4 Å². The third-order valence-electron chi connectivity index (χ3n) is 3.07. The van der Waals surface area contributed by atoms with Crippen LogP contribution in [0.5, 0.6) is 0 Å². The van der Waals surface area contributed by atoms with E-state index in [2.05, 4.69) is 20.2 Å². The molecule has 0 amide bonds. The second-order valence-corrected chi connectivity index (χ2v) is 4.89. The lowest BCUT2D eigenvalue weighted by Gasteiger charge is -2.14. The Morgan fingerprint density at radius 1 is 1.33 bits per heavy atom. The molecule has 3 N–H and O–H groups in total. The predicted molar refractivity (Wildman–Crippen MR) is 76.7 cm³/mol. The molecule has 1 saturated heterocycles. The first-order chi connectivity index (χ1) is 8.77. The van der Waals surface area contributed by atoms with Crippen molar-refractivity contribution in [2.75, 3.05) is 31.5 Å². The summed E-state index contributed by atoms with van der Waals surface area (Å²) in [5.41, 5.74) is 6.18. The topological polar surface area (TPSA) is 67.1 Å². The summed E-state index contributed by atoms with van der Waals surface area (Å²) in [6.07, 6.45) is 7.01. The number of rotatable bonds is 6. The Morgan fingerprint density at radius 2 is 2.06 bits per heavy atom. The van der Waals surface area contributed by atoms with E-state index in [0.717, 1.165) is 19.5 Å². The van der Waals surface area contributed by atoms with Crippen molar-refractivity contribution in [1.82, 2.24) is 14.9 Å². The second-order valence-electron chi connectivity index (χ2n) is 4.45. The molecule has 0 atom stereocenters. The fourth-order valence-electron chi connectivity index (χ4n) is 2.16. The lowest BCUT2D eigenvalue weighted by atomic mass is 10.3. The Hall–Kier alpha value is -1.27. The number of aromatic nitrogens is 2. The van der Waals surface area contributed by atoms with Gasteiger partial charge in [-0.3, -0.25) is 0 Å². The van der Waals surface area contributed by atoms with Crippen LogP contribution in [0.25, 0.3) is 0 Å². The van der Waals surface area contributed by atoms with Crippen LogP contribution in [0, 0.1) is 0 Å². The monoisotopic (exact) mass is 265 g/mol. The molecule has 1 fully saturated rings. The molecular formula is C12H19N5S. The first-order valence-corrected chi connectivity index (χ1v) is 6.75. The normalized spacial score (nSPS) is 15.8. The molecule has 0 radical (unpaired) electrons. The third-order valence-corrected chi connectivity index (χ3v) is 3.27. The van der Waals surface area contributed by atoms with Crippen LogP contribution < -0.4 is 11.1 Å². The fraction of sp³-hybridized carbons (Fsp3) is 0.583. The standard InChI is InChI=1S/C12H19N5S/c13-11(18)10-12(16-6-5-14-10)15-4-3-9-17-7-1-2-8-17/h5-6H,1-4,7-9H2,(H2,13,18)(H,15,16). The van der Waals surface area contributed by atoms with Crippen molar-refractivity contribution in [3.63, 3.8) is 0 Å². The molecule has 0 spiro atoms. The van der Waals surface area contributed by atoms with Gasteiger partial charge in [0.15, 0.2) is 5.82 Å². The first kappa shape index (κ1) is 13.2. The van der Waals surface area contributed by atoms with E-state index >= 15 is 0 Å². The van der Waals surface area contributed by atoms with Crippen molar-refractivity contribution in [1.29, 1.82) is 0 Å². The summed E-state index contributed by atoms with van der Waals surface area (Å²) in [7, 11) is 0. The fourth-order valence-corrected chi connectivity index (χ4v) is 2.31. The van der Waals surface area contributed by atoms with Gasteiger partial charge in [-0.2, -0.15) is 0 Å². The van der Waals surface area contributed by atoms with Crippen LogP contribution in [-0.4, -0.2) is 46.0 Å². The smallest absolute Gasteiger partial charge is 0.155 e. The molecule has 0 aromatic carbocycles. The molecule has 6 heteroatoms. The number of hydrogen-bond donors (Lipinski definition) is 2. The first-order valence-electron chi connectivity index (χ1n) is 6.34. The molecule has 98 valence electrons. The van der Waals surface area contributed by atoms with Gasteiger partial charge in [-0.05, 0) is 38.9 Å². The van der Waals surface area contributed by atoms with E-state index in [4.69, 9.17) is 18.0 Å². The average molecular weight is 265 g/mol. The highest BCUT2D eigenvalue weighted by Crippen LogP contribution is 2.09. The largest absolute Gasteiger partial charge is 0.388 e. The second kappa shape index (κ2) is 6.61. The van der Waals surface area contributed by atoms with Crippen LogP contribution in [0.3, 0.4) is 0 Å². The molecule has 0 unspecified atom stereocenters. The summed E-state index contributed by atoms with van der Waals surface area (Å²) >= 11 is 4.94. The molecular weight excluding hydrogens is 246 g/mol. The van der Waals surface area contributed by atoms with Crippen molar-refractivity contribution in [2.24, 2.45) is 5.73 Å². The molecule has 0 bridgehead atoms. The minimum Gasteiger partial charge on any atom is -0.388 e. The zero-order valence-electron chi connectivity index (χ0n) is 10.4.